The van der Waals surface area contributed by atoms with Crippen LogP contribution in [0.15, 0.2) is 21.4 Å². The molecule has 9 nitrogen and oxygen atoms in total. The van der Waals surface area contributed by atoms with Gasteiger partial charge in [-0.1, -0.05) is 10.3 Å². The molecule has 3 heterocycles. The molecule has 2 N–H and O–H groups in total. The van der Waals surface area contributed by atoms with Crippen LogP contribution in [-0.2, 0) is 6.54 Å². The van der Waals surface area contributed by atoms with Crippen LogP contribution in [0.3, 0.4) is 0 Å². The average Bonchev–Trinajstić information content (AvgIpc) is 3.21. The molecule has 0 aromatic carbocycles. The monoisotopic (exact) mass is 324 g/mol. The maximum absolute atomic E-state index is 13.7. The van der Waals surface area contributed by atoms with E-state index in [2.05, 4.69) is 30.5 Å². The van der Waals surface area contributed by atoms with Gasteiger partial charge in [0, 0.05) is 32.1 Å². The highest BCUT2D eigenvalue weighted by Crippen LogP contribution is 2.21. The van der Waals surface area contributed by atoms with Crippen LogP contribution in [0, 0.1) is 6.92 Å². The van der Waals surface area contributed by atoms with Crippen molar-refractivity contribution in [1.29, 1.82) is 0 Å². The summed E-state index contributed by atoms with van der Waals surface area (Å²) < 4.78 is 23.2. The highest BCUT2D eigenvalue weighted by molar-refractivity contribution is 5.87. The average molecular weight is 324 g/mol. The van der Waals surface area contributed by atoms with Gasteiger partial charge in [0.15, 0.2) is 11.6 Å². The van der Waals surface area contributed by atoms with E-state index in [1.165, 1.54) is 12.3 Å². The Labute approximate surface area is 131 Å². The van der Waals surface area contributed by atoms with E-state index in [1.54, 1.807) is 6.92 Å². The van der Waals surface area contributed by atoms with Crippen LogP contribution in [0.25, 0.3) is 0 Å². The Hall–Kier alpha value is -2.49. The molecule has 0 spiro atoms. The molecule has 0 bridgehead atoms. The maximum Gasteiger partial charge on any atom is 0.320 e. The molecular formula is C13H17FN6O3. The number of anilines is 1. The van der Waals surface area contributed by atoms with Gasteiger partial charge >= 0.3 is 6.03 Å². The number of nitrogens with zero attached hydrogens (tertiary/aromatic N) is 4. The molecule has 0 aliphatic carbocycles. The second kappa shape index (κ2) is 6.73. The van der Waals surface area contributed by atoms with Crippen LogP contribution in [-0.4, -0.2) is 51.5 Å². The third-order valence-corrected chi connectivity index (χ3v) is 3.57. The molecule has 2 aromatic heterocycles. The van der Waals surface area contributed by atoms with Gasteiger partial charge < -0.3 is 14.4 Å². The first-order valence-electron chi connectivity index (χ1n) is 7.22. The second-order valence-corrected chi connectivity index (χ2v) is 5.37. The summed E-state index contributed by atoms with van der Waals surface area (Å²) in [4.78, 5) is 17.8. The number of urea groups is 1. The molecule has 1 aliphatic rings. The van der Waals surface area contributed by atoms with Crippen LogP contribution in [0.5, 0.6) is 0 Å². The Morgan fingerprint density at radius 1 is 1.52 bits per heavy atom. The standard InChI is InChI=1S/C13H17FN6O3/c1-8-16-12(19-23-8)7-20-6-9(14)4-10(20)5-15-13(21)17-11-2-3-22-18-11/h2-3,9-10H,4-7H2,1H3,(H2,15,17,18,21)/t9-,10-/m0/s1. The molecule has 2 amide bonds. The molecule has 0 saturated carbocycles. The summed E-state index contributed by atoms with van der Waals surface area (Å²) in [5, 5.41) is 12.6. The molecule has 10 heteroatoms. The van der Waals surface area contributed by atoms with Crippen molar-refractivity contribution in [2.75, 3.05) is 18.4 Å². The number of carbonyl (C=O) groups excluding carboxylic acids is 1. The van der Waals surface area contributed by atoms with E-state index in [-0.39, 0.29) is 12.6 Å². The minimum atomic E-state index is -0.937. The summed E-state index contributed by atoms with van der Waals surface area (Å²) in [5.74, 6) is 1.29. The Bertz CT molecular complexity index is 646. The van der Waals surface area contributed by atoms with Gasteiger partial charge in [0.1, 0.15) is 12.4 Å². The first-order chi connectivity index (χ1) is 11.1. The first kappa shape index (κ1) is 15.4. The van der Waals surface area contributed by atoms with Crippen molar-refractivity contribution >= 4 is 11.8 Å². The summed E-state index contributed by atoms with van der Waals surface area (Å²) >= 11 is 0. The molecule has 124 valence electrons. The van der Waals surface area contributed by atoms with Crippen LogP contribution < -0.4 is 10.6 Å². The van der Waals surface area contributed by atoms with Gasteiger partial charge in [-0.25, -0.2) is 9.18 Å². The fourth-order valence-corrected chi connectivity index (χ4v) is 2.56. The maximum atomic E-state index is 13.7. The van der Waals surface area contributed by atoms with Gasteiger partial charge in [0.05, 0.1) is 6.54 Å². The number of halogens is 1. The van der Waals surface area contributed by atoms with Gasteiger partial charge in [-0.2, -0.15) is 4.98 Å². The summed E-state index contributed by atoms with van der Waals surface area (Å²) in [6, 6.07) is 0.973. The van der Waals surface area contributed by atoms with Crippen molar-refractivity contribution in [2.45, 2.75) is 32.1 Å². The van der Waals surface area contributed by atoms with Gasteiger partial charge in [-0.3, -0.25) is 10.2 Å². The van der Waals surface area contributed by atoms with Crippen LogP contribution in [0.4, 0.5) is 15.0 Å². The second-order valence-electron chi connectivity index (χ2n) is 5.37. The molecule has 0 radical (unpaired) electrons. The van der Waals surface area contributed by atoms with E-state index in [9.17, 15) is 9.18 Å². The minimum absolute atomic E-state index is 0.133. The van der Waals surface area contributed by atoms with Crippen LogP contribution >= 0.6 is 0 Å². The molecule has 1 fully saturated rings. The fraction of sp³-hybridized carbons (Fsp3) is 0.538. The fourth-order valence-electron chi connectivity index (χ4n) is 2.56. The Balaban J connectivity index is 1.51. The van der Waals surface area contributed by atoms with Gasteiger partial charge in [0.25, 0.3) is 0 Å². The van der Waals surface area contributed by atoms with Crippen LogP contribution in [0.1, 0.15) is 18.1 Å². The Kier molecular flexibility index (Phi) is 4.51. The van der Waals surface area contributed by atoms with Gasteiger partial charge in [-0.05, 0) is 6.42 Å². The van der Waals surface area contributed by atoms with Crippen molar-refractivity contribution in [3.05, 3.63) is 24.0 Å². The third kappa shape index (κ3) is 4.03. The van der Waals surface area contributed by atoms with E-state index in [0.717, 1.165) is 0 Å². The predicted octanol–water partition coefficient (Wildman–Crippen LogP) is 1.10. The smallest absolute Gasteiger partial charge is 0.320 e. The molecule has 2 atom stereocenters. The van der Waals surface area contributed by atoms with Crippen molar-refractivity contribution in [1.82, 2.24) is 25.5 Å². The number of carbonyl (C=O) groups is 1. The highest BCUT2D eigenvalue weighted by atomic mass is 19.1. The van der Waals surface area contributed by atoms with Crippen molar-refractivity contribution < 1.29 is 18.2 Å². The largest absolute Gasteiger partial charge is 0.363 e. The van der Waals surface area contributed by atoms with E-state index in [1.807, 2.05) is 4.90 Å². The summed E-state index contributed by atoms with van der Waals surface area (Å²) in [6.07, 6.45) is 0.768. The highest BCUT2D eigenvalue weighted by Gasteiger charge is 2.33. The van der Waals surface area contributed by atoms with E-state index >= 15 is 0 Å². The Morgan fingerprint density at radius 2 is 2.39 bits per heavy atom. The zero-order chi connectivity index (χ0) is 16.2. The van der Waals surface area contributed by atoms with E-state index in [4.69, 9.17) is 4.52 Å². The van der Waals surface area contributed by atoms with Gasteiger partial charge in [0.2, 0.25) is 5.89 Å². The minimum Gasteiger partial charge on any atom is -0.363 e. The molecular weight excluding hydrogens is 307 g/mol. The van der Waals surface area contributed by atoms with Crippen molar-refractivity contribution in [3.8, 4) is 0 Å². The SMILES string of the molecule is Cc1nc(CN2C[C@@H](F)C[C@H]2CNC(=O)Nc2ccon2)no1. The number of amides is 2. The zero-order valence-corrected chi connectivity index (χ0v) is 12.5. The molecule has 0 unspecified atom stereocenters. The van der Waals surface area contributed by atoms with E-state index < -0.39 is 12.2 Å². The normalized spacial score (nSPS) is 21.5. The lowest BCUT2D eigenvalue weighted by atomic mass is 10.2. The summed E-state index contributed by atoms with van der Waals surface area (Å²) in [5.41, 5.74) is 0. The quantitative estimate of drug-likeness (QED) is 0.847. The van der Waals surface area contributed by atoms with E-state index in [0.29, 0.717) is 37.0 Å². The number of rotatable bonds is 5. The molecule has 1 saturated heterocycles. The topological polar surface area (TPSA) is 109 Å². The number of hydrogen-bond acceptors (Lipinski definition) is 7. The number of aromatic nitrogens is 3. The zero-order valence-electron chi connectivity index (χ0n) is 12.5. The molecule has 3 rings (SSSR count). The number of aryl methyl sites for hydroxylation is 1. The lowest BCUT2D eigenvalue weighted by molar-refractivity contribution is 0.218. The summed E-state index contributed by atoms with van der Waals surface area (Å²) in [6.45, 7) is 2.67. The first-order valence-corrected chi connectivity index (χ1v) is 7.22. The van der Waals surface area contributed by atoms with Crippen LogP contribution in [0.2, 0.25) is 0 Å². The van der Waals surface area contributed by atoms with Gasteiger partial charge in [-0.15, -0.1) is 0 Å². The lowest BCUT2D eigenvalue weighted by Gasteiger charge is -2.22. The lowest BCUT2D eigenvalue weighted by Crippen LogP contribution is -2.41. The van der Waals surface area contributed by atoms with Crippen molar-refractivity contribution in [3.63, 3.8) is 0 Å². The third-order valence-electron chi connectivity index (χ3n) is 3.57. The predicted molar refractivity (Wildman–Crippen MR) is 76.3 cm³/mol. The molecule has 23 heavy (non-hydrogen) atoms. The molecule has 2 aromatic rings. The number of nitrogens with one attached hydrogen (secondary N) is 2. The summed E-state index contributed by atoms with van der Waals surface area (Å²) in [7, 11) is 0. The number of alkyl halides is 1. The number of likely N-dealkylation sites (tertiary alicyclic amines) is 1. The number of hydrogen-bond donors (Lipinski definition) is 2. The van der Waals surface area contributed by atoms with Crippen molar-refractivity contribution in [2.24, 2.45) is 0 Å². The molecule has 1 aliphatic heterocycles. The Morgan fingerprint density at radius 3 is 3.09 bits per heavy atom.